The van der Waals surface area contributed by atoms with Crippen molar-refractivity contribution in [3.05, 3.63) is 128 Å². The Hall–Kier alpha value is -4.00. The summed E-state index contributed by atoms with van der Waals surface area (Å²) in [6, 6.07) is 11.5. The predicted octanol–water partition coefficient (Wildman–Crippen LogP) is 14.3. The molecule has 0 bridgehead atoms. The van der Waals surface area contributed by atoms with E-state index in [0.29, 0.717) is 21.4 Å². The van der Waals surface area contributed by atoms with Gasteiger partial charge in [-0.1, -0.05) is 132 Å². The zero-order chi connectivity index (χ0) is 39.9. The van der Waals surface area contributed by atoms with E-state index in [1.54, 1.807) is 12.4 Å². The van der Waals surface area contributed by atoms with E-state index in [0.717, 1.165) is 44.6 Å². The first-order valence-corrected chi connectivity index (χ1v) is 18.8. The molecule has 2 aliphatic rings. The third kappa shape index (κ3) is 9.76. The van der Waals surface area contributed by atoms with Crippen molar-refractivity contribution in [2.24, 2.45) is 42.1 Å². The van der Waals surface area contributed by atoms with Gasteiger partial charge in [-0.15, -0.1) is 10.2 Å². The van der Waals surface area contributed by atoms with Crippen LogP contribution in [0.15, 0.2) is 127 Å². The molecule has 53 heavy (non-hydrogen) atoms. The molecule has 0 atom stereocenters. The summed E-state index contributed by atoms with van der Waals surface area (Å²) in [5, 5.41) is 18.5. The Bertz CT molecular complexity index is 1860. The third-order valence-electron chi connectivity index (χ3n) is 9.54. The Morgan fingerprint density at radius 3 is 1.00 bits per heavy atom. The van der Waals surface area contributed by atoms with Crippen LogP contribution in [0.5, 0.6) is 0 Å². The van der Waals surface area contributed by atoms with Crippen molar-refractivity contribution in [2.75, 3.05) is 0 Å². The fraction of sp³-hybridized carbons (Fsp3) is 0.422. The maximum absolute atomic E-state index is 13.3. The molecule has 0 N–H and O–H groups in total. The van der Waals surface area contributed by atoms with Crippen LogP contribution in [0.2, 0.25) is 10.0 Å². The minimum atomic E-state index is -0.448. The summed E-state index contributed by atoms with van der Waals surface area (Å²) in [4.78, 5) is 26.5. The molecule has 280 valence electrons. The van der Waals surface area contributed by atoms with E-state index >= 15 is 0 Å². The molecule has 0 spiro atoms. The lowest BCUT2D eigenvalue weighted by atomic mass is 9.72. The Kier molecular flexibility index (Phi) is 11.8. The highest BCUT2D eigenvalue weighted by molar-refractivity contribution is 6.33. The molecule has 2 aromatic rings. The number of hydrogen-bond donors (Lipinski definition) is 0. The third-order valence-corrected chi connectivity index (χ3v) is 10.1. The summed E-state index contributed by atoms with van der Waals surface area (Å²) in [5.74, 6) is 0.152. The number of carbonyl (C=O) groups is 2. The highest BCUT2D eigenvalue weighted by Gasteiger charge is 2.35. The highest BCUT2D eigenvalue weighted by atomic mass is 35.5. The van der Waals surface area contributed by atoms with Crippen molar-refractivity contribution in [2.45, 2.75) is 102 Å². The number of carbonyl (C=O) groups excluding carboxylic acids is 2. The Labute approximate surface area is 326 Å². The van der Waals surface area contributed by atoms with Gasteiger partial charge >= 0.3 is 0 Å². The molecule has 4 rings (SSSR count). The van der Waals surface area contributed by atoms with Crippen LogP contribution in [0.3, 0.4) is 0 Å². The van der Waals surface area contributed by atoms with Gasteiger partial charge in [0.25, 0.3) is 0 Å². The zero-order valence-corrected chi connectivity index (χ0v) is 35.3. The maximum atomic E-state index is 13.3. The number of rotatable bonds is 6. The Morgan fingerprint density at radius 1 is 0.472 bits per heavy atom. The van der Waals surface area contributed by atoms with Gasteiger partial charge in [-0.3, -0.25) is 9.59 Å². The molecular formula is C45H54Cl2N4O2. The normalized spacial score (nSPS) is 16.6. The van der Waals surface area contributed by atoms with Crippen LogP contribution in [0.25, 0.3) is 0 Å². The second-order valence-corrected chi connectivity index (χ2v) is 19.4. The Morgan fingerprint density at radius 2 is 0.755 bits per heavy atom. The smallest absolute Gasteiger partial charge is 0.186 e. The van der Waals surface area contributed by atoms with Gasteiger partial charge in [0.15, 0.2) is 11.6 Å². The van der Waals surface area contributed by atoms with E-state index in [1.807, 2.05) is 144 Å². The van der Waals surface area contributed by atoms with Crippen molar-refractivity contribution in [1.82, 2.24) is 0 Å². The number of azo groups is 2. The lowest BCUT2D eigenvalue weighted by Crippen LogP contribution is -2.27. The second kappa shape index (κ2) is 15.0. The number of hydrogen-bond acceptors (Lipinski definition) is 6. The largest absolute Gasteiger partial charge is 0.289 e. The summed E-state index contributed by atoms with van der Waals surface area (Å²) >= 11 is 13.5. The van der Waals surface area contributed by atoms with Gasteiger partial charge in [0, 0.05) is 27.7 Å². The highest BCUT2D eigenvalue weighted by Crippen LogP contribution is 2.42. The second-order valence-electron chi connectivity index (χ2n) is 18.5. The fourth-order valence-corrected chi connectivity index (χ4v) is 6.55. The number of halogens is 2. The van der Waals surface area contributed by atoms with Gasteiger partial charge < -0.3 is 0 Å². The van der Waals surface area contributed by atoms with Crippen LogP contribution < -0.4 is 0 Å². The molecule has 6 nitrogen and oxygen atoms in total. The Balaban J connectivity index is 1.57. The lowest BCUT2D eigenvalue weighted by molar-refractivity contribution is -0.114. The SMILES string of the molecule is CC(C)(C)C1=CC(=CN=Nc2ccc(C(C)(C)c3ccc(N=NC=C4C=C(C(C)(C)C)C(=O)C(C(C)(C)C)=C4)c(Cl)c3)cc2Cl)C=C(C(C)(C)C)C1=O. The number of allylic oxidation sites excluding steroid dienone is 10. The van der Waals surface area contributed by atoms with Crippen LogP contribution >= 0.6 is 23.2 Å². The number of Topliss-reactive ketones (excluding diaryl/α,β-unsaturated/α-hetero) is 2. The van der Waals surface area contributed by atoms with Crippen molar-refractivity contribution in [3.8, 4) is 0 Å². The predicted molar refractivity (Wildman–Crippen MR) is 220 cm³/mol. The van der Waals surface area contributed by atoms with Gasteiger partial charge in [-0.2, -0.15) is 10.2 Å². The first kappa shape index (κ1) is 41.8. The molecule has 0 radical (unpaired) electrons. The van der Waals surface area contributed by atoms with Crippen LogP contribution in [-0.2, 0) is 15.0 Å². The minimum absolute atomic E-state index is 0.0762. The molecule has 0 amide bonds. The number of benzene rings is 2. The summed E-state index contributed by atoms with van der Waals surface area (Å²) in [5.41, 5.74) is 5.99. The quantitative estimate of drug-likeness (QED) is 0.275. The number of nitrogens with zero attached hydrogens (tertiary/aromatic N) is 4. The molecule has 2 aromatic carbocycles. The zero-order valence-electron chi connectivity index (χ0n) is 33.8. The summed E-state index contributed by atoms with van der Waals surface area (Å²) < 4.78 is 0. The summed E-state index contributed by atoms with van der Waals surface area (Å²) in [6.07, 6.45) is 10.9. The van der Waals surface area contributed by atoms with Crippen LogP contribution in [0.1, 0.15) is 108 Å². The van der Waals surface area contributed by atoms with Gasteiger partial charge in [-0.05, 0) is 92.5 Å². The van der Waals surface area contributed by atoms with E-state index in [2.05, 4.69) is 34.3 Å². The molecule has 2 aliphatic carbocycles. The maximum Gasteiger partial charge on any atom is 0.186 e. The summed E-state index contributed by atoms with van der Waals surface area (Å²) in [6.45, 7) is 28.7. The van der Waals surface area contributed by atoms with E-state index in [-0.39, 0.29) is 33.2 Å². The molecule has 0 heterocycles. The van der Waals surface area contributed by atoms with Crippen LogP contribution in [-0.4, -0.2) is 11.6 Å². The standard InChI is InChI=1S/C45H54Cl2N4O2/c1-41(2,3)31-19-27(20-32(39(31)52)42(4,5)6)25-48-50-37-17-15-29(23-35(37)46)45(13,14)30-16-18-38(36(47)24-30)51-49-26-28-21-33(43(7,8)9)40(53)34(22-28)44(10,11)12/h15-26H,1-14H3. The lowest BCUT2D eigenvalue weighted by Gasteiger charge is -2.31. The first-order chi connectivity index (χ1) is 24.2. The molecule has 0 unspecified atom stereocenters. The van der Waals surface area contributed by atoms with Crippen molar-refractivity contribution in [1.29, 1.82) is 0 Å². The van der Waals surface area contributed by atoms with Crippen molar-refractivity contribution < 1.29 is 9.59 Å². The first-order valence-electron chi connectivity index (χ1n) is 18.0. The molecular weight excluding hydrogens is 699 g/mol. The average molecular weight is 754 g/mol. The van der Waals surface area contributed by atoms with E-state index in [1.165, 1.54) is 0 Å². The van der Waals surface area contributed by atoms with E-state index in [4.69, 9.17) is 23.2 Å². The van der Waals surface area contributed by atoms with Crippen LogP contribution in [0.4, 0.5) is 11.4 Å². The van der Waals surface area contributed by atoms with Gasteiger partial charge in [0.05, 0.1) is 22.4 Å². The molecule has 0 aliphatic heterocycles. The van der Waals surface area contributed by atoms with Crippen LogP contribution in [0, 0.1) is 21.7 Å². The molecule has 0 saturated carbocycles. The monoisotopic (exact) mass is 752 g/mol. The number of ketones is 2. The van der Waals surface area contributed by atoms with E-state index in [9.17, 15) is 9.59 Å². The fourth-order valence-electron chi connectivity index (χ4n) is 6.12. The van der Waals surface area contributed by atoms with Crippen molar-refractivity contribution >= 4 is 46.1 Å². The molecule has 8 heteroatoms. The average Bonchev–Trinajstić information content (AvgIpc) is 3.01. The molecule has 0 fully saturated rings. The van der Waals surface area contributed by atoms with Crippen molar-refractivity contribution in [3.63, 3.8) is 0 Å². The minimum Gasteiger partial charge on any atom is -0.289 e. The van der Waals surface area contributed by atoms with Gasteiger partial charge in [0.1, 0.15) is 11.4 Å². The van der Waals surface area contributed by atoms with Gasteiger partial charge in [0.2, 0.25) is 0 Å². The topological polar surface area (TPSA) is 83.6 Å². The summed E-state index contributed by atoms with van der Waals surface area (Å²) in [7, 11) is 0. The van der Waals surface area contributed by atoms with E-state index < -0.39 is 5.41 Å². The molecule has 0 aromatic heterocycles. The van der Waals surface area contributed by atoms with Gasteiger partial charge in [-0.25, -0.2) is 0 Å². The molecule has 0 saturated heterocycles.